The highest BCUT2D eigenvalue weighted by atomic mass is 79.9. The summed E-state index contributed by atoms with van der Waals surface area (Å²) in [5, 5.41) is 17.5. The van der Waals surface area contributed by atoms with Gasteiger partial charge in [0.05, 0.1) is 22.4 Å². The van der Waals surface area contributed by atoms with Crippen LogP contribution in [0.4, 0.5) is 17.1 Å². The molecule has 8 heteroatoms. The largest absolute Gasteiger partial charge is 0.371 e. The topological polar surface area (TPSA) is 97.2 Å². The van der Waals surface area contributed by atoms with Crippen molar-refractivity contribution in [1.82, 2.24) is 4.98 Å². The van der Waals surface area contributed by atoms with Gasteiger partial charge >= 0.3 is 5.69 Å². The molecular formula is C18H15BrN4O3. The van der Waals surface area contributed by atoms with E-state index in [0.717, 1.165) is 10.0 Å². The molecule has 1 amide bonds. The monoisotopic (exact) mass is 414 g/mol. The Hall–Kier alpha value is -3.00. The van der Waals surface area contributed by atoms with E-state index in [1.54, 1.807) is 36.5 Å². The highest BCUT2D eigenvalue weighted by Crippen LogP contribution is 2.32. The number of aryl methyl sites for hydroxylation is 1. The summed E-state index contributed by atoms with van der Waals surface area (Å²) in [7, 11) is 0. The minimum absolute atomic E-state index is 0.0945. The van der Waals surface area contributed by atoms with E-state index in [9.17, 15) is 14.9 Å². The number of hydrogen-bond acceptors (Lipinski definition) is 5. The third-order valence-corrected chi connectivity index (χ3v) is 4.71. The van der Waals surface area contributed by atoms with Gasteiger partial charge in [-0.1, -0.05) is 15.9 Å². The number of aromatic nitrogens is 1. The van der Waals surface area contributed by atoms with Crippen LogP contribution in [0.15, 0.2) is 53.1 Å². The quantitative estimate of drug-likeness (QED) is 0.479. The zero-order valence-electron chi connectivity index (χ0n) is 13.8. The lowest BCUT2D eigenvalue weighted by Crippen LogP contribution is -2.22. The van der Waals surface area contributed by atoms with Gasteiger partial charge in [-0.2, -0.15) is 0 Å². The second-order valence-corrected chi connectivity index (χ2v) is 6.51. The van der Waals surface area contributed by atoms with Crippen molar-refractivity contribution in [3.05, 3.63) is 68.8 Å². The first-order valence-corrected chi connectivity index (χ1v) is 8.57. The van der Waals surface area contributed by atoms with Crippen molar-refractivity contribution in [1.29, 1.82) is 0 Å². The first-order valence-electron chi connectivity index (χ1n) is 7.77. The number of nitro groups is 1. The molecule has 0 aliphatic heterocycles. The van der Waals surface area contributed by atoms with E-state index in [4.69, 9.17) is 0 Å². The van der Waals surface area contributed by atoms with Crippen molar-refractivity contribution in [3.63, 3.8) is 0 Å². The zero-order valence-corrected chi connectivity index (χ0v) is 15.4. The van der Waals surface area contributed by atoms with Crippen molar-refractivity contribution in [2.75, 3.05) is 17.2 Å². The minimum atomic E-state index is -0.470. The summed E-state index contributed by atoms with van der Waals surface area (Å²) in [5.74, 6) is -0.299. The number of benzene rings is 2. The number of carbonyl (C=O) groups excluding carboxylic acids is 1. The highest BCUT2D eigenvalue weighted by Gasteiger charge is 2.19. The fourth-order valence-electron chi connectivity index (χ4n) is 2.58. The Balaban J connectivity index is 1.76. The molecule has 0 radical (unpaired) electrons. The number of pyridine rings is 1. The molecule has 0 aliphatic carbocycles. The highest BCUT2D eigenvalue weighted by molar-refractivity contribution is 9.10. The number of carbonyl (C=O) groups is 1. The number of nitrogens with one attached hydrogen (secondary N) is 2. The predicted octanol–water partition coefficient (Wildman–Crippen LogP) is 4.26. The van der Waals surface area contributed by atoms with Crippen LogP contribution in [0, 0.1) is 17.0 Å². The van der Waals surface area contributed by atoms with Gasteiger partial charge in [0.2, 0.25) is 5.91 Å². The molecule has 0 unspecified atom stereocenters. The van der Waals surface area contributed by atoms with E-state index in [-0.39, 0.29) is 23.8 Å². The Morgan fingerprint density at radius 1 is 1.27 bits per heavy atom. The third kappa shape index (κ3) is 3.80. The predicted molar refractivity (Wildman–Crippen MR) is 104 cm³/mol. The fourth-order valence-corrected chi connectivity index (χ4v) is 2.83. The number of amides is 1. The first-order chi connectivity index (χ1) is 12.5. The number of fused-ring (bicyclic) bond motifs is 1. The molecule has 0 aliphatic rings. The van der Waals surface area contributed by atoms with Gasteiger partial charge in [-0.15, -0.1) is 0 Å². The van der Waals surface area contributed by atoms with Gasteiger partial charge in [0, 0.05) is 16.4 Å². The molecular weight excluding hydrogens is 400 g/mol. The van der Waals surface area contributed by atoms with Crippen LogP contribution in [0.3, 0.4) is 0 Å². The molecule has 0 atom stereocenters. The van der Waals surface area contributed by atoms with Gasteiger partial charge < -0.3 is 10.6 Å². The zero-order chi connectivity index (χ0) is 18.7. The Morgan fingerprint density at radius 3 is 2.81 bits per heavy atom. The number of halogens is 1. The van der Waals surface area contributed by atoms with Crippen molar-refractivity contribution in [3.8, 4) is 0 Å². The molecule has 2 aromatic carbocycles. The van der Waals surface area contributed by atoms with E-state index >= 15 is 0 Å². The van der Waals surface area contributed by atoms with Crippen LogP contribution < -0.4 is 10.6 Å². The van der Waals surface area contributed by atoms with Crippen molar-refractivity contribution in [2.45, 2.75) is 6.92 Å². The second-order valence-electron chi connectivity index (χ2n) is 5.65. The molecule has 3 aromatic rings. The Kier molecular flexibility index (Phi) is 5.13. The van der Waals surface area contributed by atoms with Crippen LogP contribution in [0.1, 0.15) is 5.56 Å². The normalized spacial score (nSPS) is 10.5. The summed E-state index contributed by atoms with van der Waals surface area (Å²) in [6.45, 7) is 1.83. The number of nitro benzene ring substituents is 1. The van der Waals surface area contributed by atoms with Gasteiger partial charge in [-0.25, -0.2) is 0 Å². The van der Waals surface area contributed by atoms with Crippen molar-refractivity contribution < 1.29 is 9.72 Å². The second kappa shape index (κ2) is 7.49. The molecule has 2 N–H and O–H groups in total. The van der Waals surface area contributed by atoms with E-state index in [2.05, 4.69) is 31.5 Å². The lowest BCUT2D eigenvalue weighted by molar-refractivity contribution is -0.382. The van der Waals surface area contributed by atoms with Crippen LogP contribution in [-0.4, -0.2) is 22.4 Å². The molecule has 3 rings (SSSR count). The van der Waals surface area contributed by atoms with Crippen LogP contribution in [0.5, 0.6) is 0 Å². The maximum absolute atomic E-state index is 12.2. The minimum Gasteiger partial charge on any atom is -0.371 e. The number of rotatable bonds is 5. The summed E-state index contributed by atoms with van der Waals surface area (Å²) in [4.78, 5) is 27.3. The molecule has 0 bridgehead atoms. The van der Waals surface area contributed by atoms with Crippen LogP contribution >= 0.6 is 15.9 Å². The average molecular weight is 415 g/mol. The van der Waals surface area contributed by atoms with E-state index in [0.29, 0.717) is 16.6 Å². The Labute approximate surface area is 157 Å². The average Bonchev–Trinajstić information content (AvgIpc) is 2.62. The number of anilines is 2. The lowest BCUT2D eigenvalue weighted by Gasteiger charge is -2.10. The SMILES string of the molecule is Cc1cc(NC(=O)CNc2ccc3ncccc3c2[N+](=O)[O-])ccc1Br. The standard InChI is InChI=1S/C18H15BrN4O3/c1-11-9-12(4-5-14(11)19)22-17(24)10-21-16-7-6-15-13(3-2-8-20-15)18(16)23(25)26/h2-9,21H,10H2,1H3,(H,22,24). The van der Waals surface area contributed by atoms with E-state index < -0.39 is 4.92 Å². The van der Waals surface area contributed by atoms with Gasteiger partial charge in [0.15, 0.2) is 0 Å². The van der Waals surface area contributed by atoms with E-state index in [1.165, 1.54) is 0 Å². The molecule has 0 spiro atoms. The smallest absolute Gasteiger partial charge is 0.301 e. The number of nitrogens with zero attached hydrogens (tertiary/aromatic N) is 2. The van der Waals surface area contributed by atoms with E-state index in [1.807, 2.05) is 19.1 Å². The summed E-state index contributed by atoms with van der Waals surface area (Å²) in [5.41, 5.74) is 2.36. The van der Waals surface area contributed by atoms with Gasteiger partial charge in [-0.05, 0) is 55.0 Å². The Morgan fingerprint density at radius 2 is 2.08 bits per heavy atom. The molecule has 0 saturated carbocycles. The lowest BCUT2D eigenvalue weighted by atomic mass is 10.1. The summed E-state index contributed by atoms with van der Waals surface area (Å²) in [6.07, 6.45) is 1.58. The molecule has 1 heterocycles. The van der Waals surface area contributed by atoms with Gasteiger partial charge in [-0.3, -0.25) is 19.9 Å². The maximum atomic E-state index is 12.2. The molecule has 0 fully saturated rings. The molecule has 26 heavy (non-hydrogen) atoms. The maximum Gasteiger partial charge on any atom is 0.301 e. The van der Waals surface area contributed by atoms with Gasteiger partial charge in [0.1, 0.15) is 5.69 Å². The third-order valence-electron chi connectivity index (χ3n) is 3.82. The molecule has 7 nitrogen and oxygen atoms in total. The molecule has 0 saturated heterocycles. The van der Waals surface area contributed by atoms with Crippen LogP contribution in [-0.2, 0) is 4.79 Å². The molecule has 132 valence electrons. The van der Waals surface area contributed by atoms with Gasteiger partial charge in [0.25, 0.3) is 0 Å². The fraction of sp³-hybridized carbons (Fsp3) is 0.111. The Bertz CT molecular complexity index is 1010. The first kappa shape index (κ1) is 17.8. The number of hydrogen-bond donors (Lipinski definition) is 2. The summed E-state index contributed by atoms with van der Waals surface area (Å²) >= 11 is 3.40. The summed E-state index contributed by atoms with van der Waals surface area (Å²) < 4.78 is 0.953. The molecule has 1 aromatic heterocycles. The summed E-state index contributed by atoms with van der Waals surface area (Å²) in [6, 6.07) is 12.0. The van der Waals surface area contributed by atoms with Crippen molar-refractivity contribution in [2.24, 2.45) is 0 Å². The van der Waals surface area contributed by atoms with Crippen LogP contribution in [0.25, 0.3) is 10.9 Å². The van der Waals surface area contributed by atoms with Crippen molar-refractivity contribution >= 4 is 49.8 Å². The van der Waals surface area contributed by atoms with Crippen LogP contribution in [0.2, 0.25) is 0 Å².